The van der Waals surface area contributed by atoms with Crippen molar-refractivity contribution in [3.8, 4) is 0 Å². The van der Waals surface area contributed by atoms with Gasteiger partial charge in [0.05, 0.1) is 6.04 Å². The summed E-state index contributed by atoms with van der Waals surface area (Å²) >= 11 is 0. The van der Waals surface area contributed by atoms with Gasteiger partial charge in [0, 0.05) is 11.0 Å². The molecule has 0 aliphatic heterocycles. The summed E-state index contributed by atoms with van der Waals surface area (Å²) in [5, 5.41) is 3.65. The molecule has 0 saturated heterocycles. The highest BCUT2D eigenvalue weighted by molar-refractivity contribution is 5.20. The van der Waals surface area contributed by atoms with Gasteiger partial charge < -0.3 is 5.73 Å². The van der Waals surface area contributed by atoms with Crippen LogP contribution in [0.4, 0.5) is 0 Å². The van der Waals surface area contributed by atoms with Gasteiger partial charge in [0.2, 0.25) is 0 Å². The van der Waals surface area contributed by atoms with Crippen molar-refractivity contribution in [2.24, 2.45) is 10.8 Å². The summed E-state index contributed by atoms with van der Waals surface area (Å²) in [5.74, 6) is 0. The van der Waals surface area contributed by atoms with Crippen LogP contribution in [0.2, 0.25) is 0 Å². The van der Waals surface area contributed by atoms with Crippen molar-refractivity contribution >= 4 is 0 Å². The maximum Gasteiger partial charge on any atom is 0.0773 e. The van der Waals surface area contributed by atoms with E-state index < -0.39 is 0 Å². The fraction of sp³-hybridized carbons (Fsp3) is 0.333. The fourth-order valence-electron chi connectivity index (χ4n) is 1.18. The van der Waals surface area contributed by atoms with Gasteiger partial charge in [-0.1, -0.05) is 35.4 Å². The molecule has 0 bridgehead atoms. The van der Waals surface area contributed by atoms with Gasteiger partial charge >= 0.3 is 0 Å². The molecule has 68 valence electrons. The molecule has 0 radical (unpaired) electrons. The Morgan fingerprint density at radius 3 is 2.46 bits per heavy atom. The molecule has 0 aliphatic carbocycles. The average Bonchev–Trinajstić information content (AvgIpc) is 2.15. The van der Waals surface area contributed by atoms with Crippen molar-refractivity contribution in [2.45, 2.75) is 19.0 Å². The molecule has 0 saturated carbocycles. The lowest BCUT2D eigenvalue weighted by molar-refractivity contribution is 0.586. The summed E-state index contributed by atoms with van der Waals surface area (Å²) in [6.07, 6.45) is 0. The van der Waals surface area contributed by atoms with E-state index in [2.05, 4.69) is 10.0 Å². The highest BCUT2D eigenvalue weighted by Gasteiger charge is 2.12. The largest absolute Gasteiger partial charge is 0.327 e. The SMILES string of the molecule is C[C@@H](N)[C@H](N=[N+]=[N-])c1ccccc1. The molecule has 0 aliphatic rings. The lowest BCUT2D eigenvalue weighted by atomic mass is 10.0. The monoisotopic (exact) mass is 176 g/mol. The maximum absolute atomic E-state index is 8.35. The van der Waals surface area contributed by atoms with Gasteiger partial charge in [-0.25, -0.2) is 0 Å². The first-order valence-corrected chi connectivity index (χ1v) is 4.10. The topological polar surface area (TPSA) is 74.8 Å². The van der Waals surface area contributed by atoms with Gasteiger partial charge in [-0.15, -0.1) is 0 Å². The van der Waals surface area contributed by atoms with Crippen molar-refractivity contribution < 1.29 is 0 Å². The standard InChI is InChI=1S/C9H12N4/c1-7(10)9(12-13-11)8-5-3-2-4-6-8/h2-7,9H,10H2,1H3/t7-,9+/m1/s1. The van der Waals surface area contributed by atoms with E-state index in [0.717, 1.165) is 5.56 Å². The third-order valence-corrected chi connectivity index (χ3v) is 1.82. The van der Waals surface area contributed by atoms with Crippen LogP contribution in [0.25, 0.3) is 10.4 Å². The van der Waals surface area contributed by atoms with Crippen LogP contribution in [0.5, 0.6) is 0 Å². The molecule has 0 heterocycles. The minimum atomic E-state index is -0.272. The quantitative estimate of drug-likeness (QED) is 0.428. The van der Waals surface area contributed by atoms with Crippen molar-refractivity contribution in [1.82, 2.24) is 0 Å². The highest BCUT2D eigenvalue weighted by Crippen LogP contribution is 2.19. The summed E-state index contributed by atoms with van der Waals surface area (Å²) in [7, 11) is 0. The molecule has 2 N–H and O–H groups in total. The molecule has 0 unspecified atom stereocenters. The van der Waals surface area contributed by atoms with Crippen LogP contribution < -0.4 is 5.73 Å². The van der Waals surface area contributed by atoms with Crippen molar-refractivity contribution in [3.63, 3.8) is 0 Å². The van der Waals surface area contributed by atoms with E-state index in [1.807, 2.05) is 37.3 Å². The summed E-state index contributed by atoms with van der Waals surface area (Å²) in [6.45, 7) is 1.83. The summed E-state index contributed by atoms with van der Waals surface area (Å²) in [5.41, 5.74) is 15.0. The Balaban J connectivity index is 2.95. The lowest BCUT2D eigenvalue weighted by Crippen LogP contribution is -2.22. The third kappa shape index (κ3) is 2.47. The highest BCUT2D eigenvalue weighted by atomic mass is 15.2. The first-order chi connectivity index (χ1) is 6.25. The molecule has 1 aromatic carbocycles. The molecule has 2 atom stereocenters. The van der Waals surface area contributed by atoms with Crippen molar-refractivity contribution in [2.75, 3.05) is 0 Å². The van der Waals surface area contributed by atoms with Crippen LogP contribution in [0.3, 0.4) is 0 Å². The van der Waals surface area contributed by atoms with E-state index in [0.29, 0.717) is 0 Å². The molecule has 0 amide bonds. The Hall–Kier alpha value is -1.51. The smallest absolute Gasteiger partial charge is 0.0773 e. The third-order valence-electron chi connectivity index (χ3n) is 1.82. The van der Waals surface area contributed by atoms with Gasteiger partial charge in [-0.2, -0.15) is 0 Å². The fourth-order valence-corrected chi connectivity index (χ4v) is 1.18. The Morgan fingerprint density at radius 1 is 1.38 bits per heavy atom. The molecule has 0 spiro atoms. The van der Waals surface area contributed by atoms with Crippen LogP contribution >= 0.6 is 0 Å². The Bertz CT molecular complexity index is 301. The van der Waals surface area contributed by atoms with E-state index in [-0.39, 0.29) is 12.1 Å². The molecule has 13 heavy (non-hydrogen) atoms. The summed E-state index contributed by atoms with van der Waals surface area (Å²) in [6, 6.07) is 9.09. The molecule has 4 nitrogen and oxygen atoms in total. The molecule has 4 heteroatoms. The zero-order valence-corrected chi connectivity index (χ0v) is 7.46. The Morgan fingerprint density at radius 2 is 2.00 bits per heavy atom. The van der Waals surface area contributed by atoms with Crippen LogP contribution in [0.1, 0.15) is 18.5 Å². The van der Waals surface area contributed by atoms with Crippen LogP contribution in [0, 0.1) is 0 Å². The number of hydrogen-bond donors (Lipinski definition) is 1. The summed E-state index contributed by atoms with van der Waals surface area (Å²) < 4.78 is 0. The van der Waals surface area contributed by atoms with Gasteiger partial charge in [-0.05, 0) is 18.0 Å². The average molecular weight is 176 g/mol. The molecular formula is C9H12N4. The molecule has 0 aromatic heterocycles. The zero-order valence-electron chi connectivity index (χ0n) is 7.46. The number of rotatable bonds is 3. The van der Waals surface area contributed by atoms with E-state index in [1.165, 1.54) is 0 Å². The first-order valence-electron chi connectivity index (χ1n) is 4.10. The van der Waals surface area contributed by atoms with Gasteiger partial charge in [-0.3, -0.25) is 0 Å². The van der Waals surface area contributed by atoms with Crippen LogP contribution in [-0.4, -0.2) is 6.04 Å². The van der Waals surface area contributed by atoms with Gasteiger partial charge in [0.25, 0.3) is 0 Å². The van der Waals surface area contributed by atoms with E-state index in [4.69, 9.17) is 11.3 Å². The number of nitrogens with two attached hydrogens (primary N) is 1. The Labute approximate surface area is 77.0 Å². The van der Waals surface area contributed by atoms with E-state index in [1.54, 1.807) is 0 Å². The zero-order chi connectivity index (χ0) is 9.68. The van der Waals surface area contributed by atoms with Gasteiger partial charge in [0.1, 0.15) is 0 Å². The molecule has 1 rings (SSSR count). The number of azide groups is 1. The molecule has 1 aromatic rings. The number of nitrogens with zero attached hydrogens (tertiary/aromatic N) is 3. The van der Waals surface area contributed by atoms with Crippen molar-refractivity contribution in [3.05, 3.63) is 46.3 Å². The second kappa shape index (κ2) is 4.50. The minimum Gasteiger partial charge on any atom is -0.327 e. The second-order valence-electron chi connectivity index (χ2n) is 2.92. The van der Waals surface area contributed by atoms with Crippen LogP contribution in [-0.2, 0) is 0 Å². The Kier molecular flexibility index (Phi) is 3.31. The lowest BCUT2D eigenvalue weighted by Gasteiger charge is -2.14. The normalized spacial score (nSPS) is 14.3. The molecular weight excluding hydrogens is 164 g/mol. The minimum absolute atomic E-state index is 0.168. The summed E-state index contributed by atoms with van der Waals surface area (Å²) in [4.78, 5) is 2.78. The predicted molar refractivity (Wildman–Crippen MR) is 52.0 cm³/mol. The first kappa shape index (κ1) is 9.58. The maximum atomic E-state index is 8.35. The second-order valence-corrected chi connectivity index (χ2v) is 2.92. The van der Waals surface area contributed by atoms with Crippen molar-refractivity contribution in [1.29, 1.82) is 0 Å². The van der Waals surface area contributed by atoms with E-state index >= 15 is 0 Å². The van der Waals surface area contributed by atoms with Crippen LogP contribution in [0.15, 0.2) is 35.4 Å². The van der Waals surface area contributed by atoms with Gasteiger partial charge in [0.15, 0.2) is 0 Å². The number of hydrogen-bond acceptors (Lipinski definition) is 2. The molecule has 0 fully saturated rings. The predicted octanol–water partition coefficient (Wildman–Crippen LogP) is 2.39. The van der Waals surface area contributed by atoms with E-state index in [9.17, 15) is 0 Å². The number of benzene rings is 1.